The molecular weight excluding hydrogens is 326 g/mol. The molecule has 2 aromatic rings. The van der Waals surface area contributed by atoms with Gasteiger partial charge in [-0.1, -0.05) is 6.07 Å². The van der Waals surface area contributed by atoms with Crippen LogP contribution in [-0.4, -0.2) is 36.2 Å². The lowest BCUT2D eigenvalue weighted by Gasteiger charge is -2.22. The van der Waals surface area contributed by atoms with Crippen LogP contribution in [0.2, 0.25) is 0 Å². The Hall–Kier alpha value is -3.03. The molecule has 0 saturated carbocycles. The quantitative estimate of drug-likeness (QED) is 0.847. The minimum absolute atomic E-state index is 0.00206. The third-order valence-corrected chi connectivity index (χ3v) is 4.78. The predicted octanol–water partition coefficient (Wildman–Crippen LogP) is 1.59. The molecule has 3 amide bonds. The number of hydrogen-bond acceptors (Lipinski definition) is 6. The van der Waals surface area contributed by atoms with E-state index in [1.807, 2.05) is 18.2 Å². The SMILES string of the molecule is COc1ccc2c(c1)C1(CC2)NC(=O)N(Cc2cc(OC)no2)C1=O. The highest BCUT2D eigenvalue weighted by molar-refractivity contribution is 6.08. The topological polar surface area (TPSA) is 93.9 Å². The summed E-state index contributed by atoms with van der Waals surface area (Å²) < 4.78 is 15.3. The van der Waals surface area contributed by atoms with Crippen LogP contribution in [0.3, 0.4) is 0 Å². The van der Waals surface area contributed by atoms with Gasteiger partial charge in [-0.05, 0) is 41.3 Å². The molecule has 1 fully saturated rings. The first-order valence-corrected chi connectivity index (χ1v) is 7.88. The van der Waals surface area contributed by atoms with E-state index in [0.717, 1.165) is 22.4 Å². The van der Waals surface area contributed by atoms with E-state index >= 15 is 0 Å². The van der Waals surface area contributed by atoms with Gasteiger partial charge in [0, 0.05) is 6.07 Å². The standard InChI is InChI=1S/C17H17N3O5/c1-23-11-4-3-10-5-6-17(13(10)7-11)15(21)20(16(22)18-17)9-12-8-14(24-2)19-25-12/h3-4,7-8H,5-6,9H2,1-2H3,(H,18,22). The second-order valence-electron chi connectivity index (χ2n) is 6.09. The molecule has 8 nitrogen and oxygen atoms in total. The number of nitrogens with one attached hydrogen (secondary N) is 1. The van der Waals surface area contributed by atoms with Crippen molar-refractivity contribution in [2.24, 2.45) is 0 Å². The third-order valence-electron chi connectivity index (χ3n) is 4.78. The fourth-order valence-corrected chi connectivity index (χ4v) is 3.50. The maximum Gasteiger partial charge on any atom is 0.325 e. The number of amides is 3. The zero-order valence-corrected chi connectivity index (χ0v) is 13.9. The van der Waals surface area contributed by atoms with Crippen LogP contribution in [-0.2, 0) is 23.3 Å². The van der Waals surface area contributed by atoms with Crippen molar-refractivity contribution in [1.82, 2.24) is 15.4 Å². The Morgan fingerprint density at radius 1 is 1.28 bits per heavy atom. The maximum atomic E-state index is 13.1. The van der Waals surface area contributed by atoms with Gasteiger partial charge in [0.15, 0.2) is 5.76 Å². The number of hydrogen-bond donors (Lipinski definition) is 1. The van der Waals surface area contributed by atoms with E-state index in [1.165, 1.54) is 7.11 Å². The van der Waals surface area contributed by atoms with E-state index in [1.54, 1.807) is 13.2 Å². The number of benzene rings is 1. The van der Waals surface area contributed by atoms with Crippen LogP contribution in [0.5, 0.6) is 11.6 Å². The lowest BCUT2D eigenvalue weighted by molar-refractivity contribution is -0.132. The molecule has 1 aliphatic carbocycles. The number of methoxy groups -OCH3 is 2. The van der Waals surface area contributed by atoms with Crippen molar-refractivity contribution in [3.63, 3.8) is 0 Å². The minimum atomic E-state index is -1.04. The van der Waals surface area contributed by atoms with Gasteiger partial charge in [-0.25, -0.2) is 4.79 Å². The number of nitrogens with zero attached hydrogens (tertiary/aromatic N) is 2. The van der Waals surface area contributed by atoms with Crippen LogP contribution in [0.1, 0.15) is 23.3 Å². The number of carbonyl (C=O) groups is 2. The molecule has 0 bridgehead atoms. The van der Waals surface area contributed by atoms with Gasteiger partial charge in [0.25, 0.3) is 11.8 Å². The summed E-state index contributed by atoms with van der Waals surface area (Å²) in [7, 11) is 3.04. The number of aryl methyl sites for hydroxylation is 1. The lowest BCUT2D eigenvalue weighted by atomic mass is 9.91. The Balaban J connectivity index is 1.66. The van der Waals surface area contributed by atoms with E-state index in [4.69, 9.17) is 14.0 Å². The molecule has 1 aliphatic heterocycles. The zero-order valence-electron chi connectivity index (χ0n) is 13.9. The number of imide groups is 1. The summed E-state index contributed by atoms with van der Waals surface area (Å²) in [6, 6.07) is 6.72. The molecule has 1 saturated heterocycles. The van der Waals surface area contributed by atoms with Crippen LogP contribution in [0.25, 0.3) is 0 Å². The lowest BCUT2D eigenvalue weighted by Crippen LogP contribution is -2.41. The first-order valence-electron chi connectivity index (χ1n) is 7.88. The molecule has 1 aromatic carbocycles. The molecule has 1 aromatic heterocycles. The molecule has 130 valence electrons. The van der Waals surface area contributed by atoms with E-state index in [-0.39, 0.29) is 12.5 Å². The number of urea groups is 1. The molecule has 1 spiro atoms. The normalized spacial score (nSPS) is 21.6. The Kier molecular flexibility index (Phi) is 3.41. The van der Waals surface area contributed by atoms with Crippen molar-refractivity contribution in [2.45, 2.75) is 24.9 Å². The summed E-state index contributed by atoms with van der Waals surface area (Å²) in [6.45, 7) is 0.00206. The van der Waals surface area contributed by atoms with Crippen molar-refractivity contribution >= 4 is 11.9 Å². The van der Waals surface area contributed by atoms with Gasteiger partial charge < -0.3 is 19.3 Å². The molecule has 1 N–H and O–H groups in total. The monoisotopic (exact) mass is 343 g/mol. The average Bonchev–Trinajstić information content (AvgIpc) is 3.29. The largest absolute Gasteiger partial charge is 0.497 e. The molecular formula is C17H17N3O5. The molecule has 4 rings (SSSR count). The Morgan fingerprint density at radius 2 is 2.12 bits per heavy atom. The second-order valence-corrected chi connectivity index (χ2v) is 6.09. The van der Waals surface area contributed by atoms with E-state index in [9.17, 15) is 9.59 Å². The van der Waals surface area contributed by atoms with Crippen molar-refractivity contribution < 1.29 is 23.6 Å². The summed E-state index contributed by atoms with van der Waals surface area (Å²) in [5, 5.41) is 6.56. The molecule has 1 unspecified atom stereocenters. The van der Waals surface area contributed by atoms with Crippen LogP contribution >= 0.6 is 0 Å². The minimum Gasteiger partial charge on any atom is -0.497 e. The van der Waals surface area contributed by atoms with Gasteiger partial charge >= 0.3 is 6.03 Å². The van der Waals surface area contributed by atoms with Gasteiger partial charge in [0.1, 0.15) is 11.3 Å². The first kappa shape index (κ1) is 15.5. The molecule has 2 heterocycles. The molecule has 25 heavy (non-hydrogen) atoms. The molecule has 1 atom stereocenters. The second kappa shape index (κ2) is 5.51. The number of aromatic nitrogens is 1. The molecule has 2 aliphatic rings. The zero-order chi connectivity index (χ0) is 17.6. The average molecular weight is 343 g/mol. The van der Waals surface area contributed by atoms with Crippen molar-refractivity contribution in [1.29, 1.82) is 0 Å². The fraction of sp³-hybridized carbons (Fsp3) is 0.353. The van der Waals surface area contributed by atoms with Gasteiger partial charge in [0.05, 0.1) is 20.8 Å². The van der Waals surface area contributed by atoms with Gasteiger partial charge in [-0.3, -0.25) is 9.69 Å². The number of carbonyl (C=O) groups excluding carboxylic acids is 2. The number of fused-ring (bicyclic) bond motifs is 2. The Labute approximate surface area is 143 Å². The summed E-state index contributed by atoms with van der Waals surface area (Å²) >= 11 is 0. The molecule has 8 heteroatoms. The molecule has 0 radical (unpaired) electrons. The summed E-state index contributed by atoms with van der Waals surface area (Å²) in [6.07, 6.45) is 1.24. The third kappa shape index (κ3) is 2.25. The van der Waals surface area contributed by atoms with Crippen molar-refractivity contribution in [2.75, 3.05) is 14.2 Å². The first-order chi connectivity index (χ1) is 12.1. The van der Waals surface area contributed by atoms with Crippen LogP contribution in [0.4, 0.5) is 4.79 Å². The fourth-order valence-electron chi connectivity index (χ4n) is 3.50. The van der Waals surface area contributed by atoms with Gasteiger partial charge in [-0.2, -0.15) is 0 Å². The predicted molar refractivity (Wildman–Crippen MR) is 85.1 cm³/mol. The van der Waals surface area contributed by atoms with E-state index in [2.05, 4.69) is 10.5 Å². The summed E-state index contributed by atoms with van der Waals surface area (Å²) in [5.41, 5.74) is 0.797. The van der Waals surface area contributed by atoms with E-state index in [0.29, 0.717) is 23.8 Å². The van der Waals surface area contributed by atoms with Gasteiger partial charge in [-0.15, -0.1) is 0 Å². The Morgan fingerprint density at radius 3 is 2.84 bits per heavy atom. The van der Waals surface area contributed by atoms with Gasteiger partial charge in [0.2, 0.25) is 0 Å². The van der Waals surface area contributed by atoms with Crippen LogP contribution in [0, 0.1) is 0 Å². The van der Waals surface area contributed by atoms with E-state index < -0.39 is 11.6 Å². The highest BCUT2D eigenvalue weighted by atomic mass is 16.5. The Bertz CT molecular complexity index is 862. The summed E-state index contributed by atoms with van der Waals surface area (Å²) in [5.74, 6) is 1.04. The highest BCUT2D eigenvalue weighted by Gasteiger charge is 2.55. The maximum absolute atomic E-state index is 13.1. The van der Waals surface area contributed by atoms with Crippen molar-refractivity contribution in [3.05, 3.63) is 41.2 Å². The van der Waals surface area contributed by atoms with Crippen molar-refractivity contribution in [3.8, 4) is 11.6 Å². The highest BCUT2D eigenvalue weighted by Crippen LogP contribution is 2.43. The number of ether oxygens (including phenoxy) is 2. The van der Waals surface area contributed by atoms with Crippen LogP contribution < -0.4 is 14.8 Å². The smallest absolute Gasteiger partial charge is 0.325 e. The van der Waals surface area contributed by atoms with Crippen LogP contribution in [0.15, 0.2) is 28.8 Å². The summed E-state index contributed by atoms with van der Waals surface area (Å²) in [4.78, 5) is 26.7. The number of rotatable bonds is 4.